The highest BCUT2D eigenvalue weighted by Crippen LogP contribution is 2.28. The molecule has 19 heavy (non-hydrogen) atoms. The van der Waals surface area contributed by atoms with E-state index in [1.807, 2.05) is 58.9 Å². The van der Waals surface area contributed by atoms with E-state index in [0.29, 0.717) is 0 Å². The van der Waals surface area contributed by atoms with Gasteiger partial charge in [0.2, 0.25) is 0 Å². The third-order valence-electron chi connectivity index (χ3n) is 3.03. The van der Waals surface area contributed by atoms with Gasteiger partial charge >= 0.3 is 0 Å². The Balaban J connectivity index is 2.82. The third-order valence-corrected chi connectivity index (χ3v) is 3.03. The zero-order valence-corrected chi connectivity index (χ0v) is 12.6. The van der Waals surface area contributed by atoms with Gasteiger partial charge in [-0.25, -0.2) is 9.78 Å². The number of rotatable bonds is 6. The average Bonchev–Trinajstić information content (AvgIpc) is 2.37. The molecule has 0 aliphatic heterocycles. The largest absolute Gasteiger partial charge is 0.226 e. The lowest BCUT2D eigenvalue weighted by molar-refractivity contribution is -0.395. The molecule has 0 saturated heterocycles. The van der Waals surface area contributed by atoms with Crippen molar-refractivity contribution in [1.82, 2.24) is 0 Å². The fraction of sp³-hybridized carbons (Fsp3) is 0.412. The van der Waals surface area contributed by atoms with Crippen LogP contribution in [0.25, 0.3) is 5.57 Å². The lowest BCUT2D eigenvalue weighted by Crippen LogP contribution is -2.29. The maximum Gasteiger partial charge on any atom is 0.123 e. The number of allylic oxidation sites excluding steroid dienone is 1. The van der Waals surface area contributed by atoms with Crippen LogP contribution >= 0.6 is 0 Å². The van der Waals surface area contributed by atoms with Crippen LogP contribution in [0.3, 0.4) is 0 Å². The van der Waals surface area contributed by atoms with Gasteiger partial charge in [0, 0.05) is 0 Å². The molecule has 0 aromatic heterocycles. The summed E-state index contributed by atoms with van der Waals surface area (Å²) in [4.78, 5) is 11.0. The molecule has 0 aliphatic carbocycles. The molecule has 0 radical (unpaired) electrons. The molecule has 0 N–H and O–H groups in total. The molecule has 0 aliphatic rings. The van der Waals surface area contributed by atoms with Gasteiger partial charge in [-0.3, -0.25) is 0 Å². The molecule has 1 rings (SSSR count). The van der Waals surface area contributed by atoms with E-state index < -0.39 is 11.2 Å². The molecule has 0 atom stereocenters. The van der Waals surface area contributed by atoms with E-state index >= 15 is 0 Å². The Morgan fingerprint density at radius 1 is 1.05 bits per heavy atom. The van der Waals surface area contributed by atoms with Crippen molar-refractivity contribution in [2.45, 2.75) is 45.8 Å². The summed E-state index contributed by atoms with van der Waals surface area (Å²) in [5, 5.41) is 0. The molecule has 2 heteroatoms. The SMILES string of the molecule is C=CC(C)(C)OOC(C)(C)c1ccc(C(=C)C)cc1. The molecule has 1 aromatic carbocycles. The van der Waals surface area contributed by atoms with Crippen molar-refractivity contribution in [2.75, 3.05) is 0 Å². The minimum absolute atomic E-state index is 0.505. The summed E-state index contributed by atoms with van der Waals surface area (Å²) >= 11 is 0. The first kappa shape index (κ1) is 15.7. The second-order valence-corrected chi connectivity index (χ2v) is 5.84. The minimum Gasteiger partial charge on any atom is -0.226 e. The number of hydrogen-bond donors (Lipinski definition) is 0. The van der Waals surface area contributed by atoms with Gasteiger partial charge in [-0.2, -0.15) is 0 Å². The monoisotopic (exact) mass is 260 g/mol. The topological polar surface area (TPSA) is 18.5 Å². The van der Waals surface area contributed by atoms with E-state index in [4.69, 9.17) is 9.78 Å². The highest BCUT2D eigenvalue weighted by Gasteiger charge is 2.26. The normalized spacial score (nSPS) is 12.3. The quantitative estimate of drug-likeness (QED) is 0.413. The summed E-state index contributed by atoms with van der Waals surface area (Å²) in [5.74, 6) is 0. The van der Waals surface area contributed by atoms with E-state index in [1.54, 1.807) is 6.08 Å². The summed E-state index contributed by atoms with van der Waals surface area (Å²) < 4.78 is 0. The Kier molecular flexibility index (Phi) is 4.72. The first-order chi connectivity index (χ1) is 8.68. The molecule has 0 spiro atoms. The zero-order valence-electron chi connectivity index (χ0n) is 12.6. The molecular weight excluding hydrogens is 236 g/mol. The average molecular weight is 260 g/mol. The third kappa shape index (κ3) is 4.34. The summed E-state index contributed by atoms with van der Waals surface area (Å²) in [7, 11) is 0. The highest BCUT2D eigenvalue weighted by atomic mass is 17.2. The van der Waals surface area contributed by atoms with Crippen molar-refractivity contribution in [2.24, 2.45) is 0 Å². The van der Waals surface area contributed by atoms with Crippen LogP contribution in [0, 0.1) is 0 Å². The fourth-order valence-electron chi connectivity index (χ4n) is 1.45. The Hall–Kier alpha value is -1.38. The van der Waals surface area contributed by atoms with Crippen LogP contribution in [0.5, 0.6) is 0 Å². The van der Waals surface area contributed by atoms with Gasteiger partial charge in [0.05, 0.1) is 0 Å². The van der Waals surface area contributed by atoms with Gasteiger partial charge in [-0.05, 0) is 45.7 Å². The summed E-state index contributed by atoms with van der Waals surface area (Å²) in [6.07, 6.45) is 1.72. The van der Waals surface area contributed by atoms with Gasteiger partial charge in [-0.1, -0.05) is 42.5 Å². The van der Waals surface area contributed by atoms with E-state index in [-0.39, 0.29) is 0 Å². The Labute approximate surface area is 116 Å². The van der Waals surface area contributed by atoms with Crippen molar-refractivity contribution < 1.29 is 9.78 Å². The fourth-order valence-corrected chi connectivity index (χ4v) is 1.45. The van der Waals surface area contributed by atoms with E-state index in [0.717, 1.165) is 16.7 Å². The highest BCUT2D eigenvalue weighted by molar-refractivity contribution is 5.61. The van der Waals surface area contributed by atoms with Crippen LogP contribution in [-0.4, -0.2) is 5.60 Å². The maximum atomic E-state index is 5.58. The molecule has 0 amide bonds. The second-order valence-electron chi connectivity index (χ2n) is 5.84. The van der Waals surface area contributed by atoms with Crippen molar-refractivity contribution in [1.29, 1.82) is 0 Å². The summed E-state index contributed by atoms with van der Waals surface area (Å²) in [6, 6.07) is 8.16. The van der Waals surface area contributed by atoms with Gasteiger partial charge < -0.3 is 0 Å². The second kappa shape index (κ2) is 5.72. The molecule has 0 heterocycles. The van der Waals surface area contributed by atoms with Gasteiger partial charge in [0.1, 0.15) is 11.2 Å². The first-order valence-electron chi connectivity index (χ1n) is 6.45. The molecule has 0 saturated carbocycles. The van der Waals surface area contributed by atoms with Crippen LogP contribution in [-0.2, 0) is 15.4 Å². The van der Waals surface area contributed by atoms with Crippen LogP contribution in [0.1, 0.15) is 45.7 Å². The predicted octanol–water partition coefficient (Wildman–Crippen LogP) is 4.87. The summed E-state index contributed by atoms with van der Waals surface area (Å²) in [6.45, 7) is 17.4. The van der Waals surface area contributed by atoms with Crippen LogP contribution in [0.4, 0.5) is 0 Å². The van der Waals surface area contributed by atoms with Crippen molar-refractivity contribution >= 4 is 5.57 Å². The van der Waals surface area contributed by atoms with Crippen molar-refractivity contribution in [3.8, 4) is 0 Å². The van der Waals surface area contributed by atoms with Crippen molar-refractivity contribution in [3.63, 3.8) is 0 Å². The summed E-state index contributed by atoms with van der Waals surface area (Å²) in [5.41, 5.74) is 2.21. The lowest BCUT2D eigenvalue weighted by atomic mass is 9.96. The van der Waals surface area contributed by atoms with Gasteiger partial charge in [0.25, 0.3) is 0 Å². The minimum atomic E-state index is -0.520. The standard InChI is InChI=1S/C17H24O2/c1-8-16(4,5)18-19-17(6,7)15-11-9-14(10-12-15)13(2)3/h8-12H,1-2H2,3-7H3. The Morgan fingerprint density at radius 3 is 2.00 bits per heavy atom. The number of benzene rings is 1. The van der Waals surface area contributed by atoms with E-state index in [9.17, 15) is 0 Å². The molecule has 104 valence electrons. The molecule has 0 unspecified atom stereocenters. The molecule has 0 bridgehead atoms. The molecule has 0 fully saturated rings. The molecule has 2 nitrogen and oxygen atoms in total. The Morgan fingerprint density at radius 2 is 1.58 bits per heavy atom. The van der Waals surface area contributed by atoms with Gasteiger partial charge in [0.15, 0.2) is 0 Å². The van der Waals surface area contributed by atoms with Crippen molar-refractivity contribution in [3.05, 3.63) is 54.6 Å². The van der Waals surface area contributed by atoms with Gasteiger partial charge in [-0.15, -0.1) is 6.58 Å². The lowest BCUT2D eigenvalue weighted by Gasteiger charge is -2.29. The maximum absolute atomic E-state index is 5.58. The zero-order chi connectivity index (χ0) is 14.7. The van der Waals surface area contributed by atoms with Crippen LogP contribution in [0.2, 0.25) is 0 Å². The van der Waals surface area contributed by atoms with E-state index in [1.165, 1.54) is 0 Å². The predicted molar refractivity (Wildman–Crippen MR) is 80.6 cm³/mol. The Bertz CT molecular complexity index is 453. The van der Waals surface area contributed by atoms with Crippen LogP contribution < -0.4 is 0 Å². The first-order valence-corrected chi connectivity index (χ1v) is 6.45. The van der Waals surface area contributed by atoms with E-state index in [2.05, 4.69) is 13.2 Å². The molecular formula is C17H24O2. The number of hydrogen-bond acceptors (Lipinski definition) is 2. The molecule has 1 aromatic rings. The smallest absolute Gasteiger partial charge is 0.123 e. The van der Waals surface area contributed by atoms with Crippen LogP contribution in [0.15, 0.2) is 43.5 Å².